The second kappa shape index (κ2) is 14.2. The van der Waals surface area contributed by atoms with Crippen molar-refractivity contribution >= 4 is 23.9 Å². The minimum absolute atomic E-state index is 0.0475. The zero-order chi connectivity index (χ0) is 29.4. The highest BCUT2D eigenvalue weighted by atomic mass is 16.5. The Morgan fingerprint density at radius 2 is 1.98 bits per heavy atom. The third-order valence-electron chi connectivity index (χ3n) is 7.45. The van der Waals surface area contributed by atoms with Crippen LogP contribution in [0.4, 0.5) is 9.59 Å². The number of likely N-dealkylation sites (N-methyl/N-ethyl adjacent to an activating group) is 1. The van der Waals surface area contributed by atoms with E-state index in [2.05, 4.69) is 17.2 Å². The molecule has 13 heteroatoms. The molecule has 3 fully saturated rings. The minimum Gasteiger partial charge on any atom is -0.497 e. The number of ether oxygens (including phenoxy) is 3. The lowest BCUT2D eigenvalue weighted by Gasteiger charge is -2.54. The Bertz CT molecular complexity index is 1090. The van der Waals surface area contributed by atoms with Crippen LogP contribution in [-0.4, -0.2) is 116 Å². The standard InChI is InChI=1S/C28H40N6O7/c1-4-14-41-28(38)29-13-5-8-23-26(36)32(17-22-7-6-15-40-22)18-24-33(23)25(35)19-31(2)34(24)27(37)30-16-20-9-11-21(39-3)12-10-20/h4,9-12,22-24H,1,5-8,13-19H2,2-3H3,(H,29,38)(H,30,37)/t22?,23-,24-/m0/s1. The minimum atomic E-state index is -0.778. The van der Waals surface area contributed by atoms with Crippen LogP contribution in [0.5, 0.6) is 5.75 Å². The Hall–Kier alpha value is -3.84. The summed E-state index contributed by atoms with van der Waals surface area (Å²) in [6.07, 6.45) is 2.66. The van der Waals surface area contributed by atoms with Crippen molar-refractivity contribution in [1.82, 2.24) is 30.5 Å². The van der Waals surface area contributed by atoms with Gasteiger partial charge in [-0.3, -0.25) is 9.59 Å². The normalized spacial score (nSPS) is 22.8. The maximum absolute atomic E-state index is 13.7. The Morgan fingerprint density at radius 1 is 1.20 bits per heavy atom. The Kier molecular flexibility index (Phi) is 10.4. The van der Waals surface area contributed by atoms with Gasteiger partial charge in [-0.15, -0.1) is 0 Å². The summed E-state index contributed by atoms with van der Waals surface area (Å²) >= 11 is 0. The van der Waals surface area contributed by atoms with Gasteiger partial charge in [-0.2, -0.15) is 0 Å². The first-order valence-corrected chi connectivity index (χ1v) is 14.0. The van der Waals surface area contributed by atoms with Crippen molar-refractivity contribution in [2.45, 2.75) is 50.5 Å². The molecule has 3 aliphatic heterocycles. The number of carbonyl (C=O) groups excluding carboxylic acids is 4. The molecule has 3 aliphatic rings. The maximum atomic E-state index is 13.7. The van der Waals surface area contributed by atoms with Crippen LogP contribution in [0.15, 0.2) is 36.9 Å². The van der Waals surface area contributed by atoms with E-state index >= 15 is 0 Å². The molecule has 2 N–H and O–H groups in total. The van der Waals surface area contributed by atoms with Crippen LogP contribution < -0.4 is 15.4 Å². The summed E-state index contributed by atoms with van der Waals surface area (Å²) in [4.78, 5) is 55.6. The van der Waals surface area contributed by atoms with E-state index in [-0.39, 0.29) is 56.7 Å². The lowest BCUT2D eigenvalue weighted by Crippen LogP contribution is -2.76. The number of fused-ring (bicyclic) bond motifs is 1. The molecule has 5 amide bonds. The van der Waals surface area contributed by atoms with Crippen molar-refractivity contribution in [3.8, 4) is 5.75 Å². The van der Waals surface area contributed by atoms with Crippen LogP contribution in [0.1, 0.15) is 31.2 Å². The molecular weight excluding hydrogens is 532 g/mol. The number of benzene rings is 1. The number of methoxy groups -OCH3 is 1. The molecule has 3 heterocycles. The van der Waals surface area contributed by atoms with Gasteiger partial charge in [0.05, 0.1) is 26.3 Å². The number of nitrogens with zero attached hydrogens (tertiary/aromatic N) is 4. The second-order valence-corrected chi connectivity index (χ2v) is 10.3. The van der Waals surface area contributed by atoms with E-state index in [0.29, 0.717) is 26.0 Å². The Labute approximate surface area is 240 Å². The van der Waals surface area contributed by atoms with Gasteiger partial charge in [0.2, 0.25) is 11.8 Å². The molecule has 1 aromatic rings. The smallest absolute Gasteiger partial charge is 0.407 e. The third kappa shape index (κ3) is 7.47. The average Bonchev–Trinajstić information content (AvgIpc) is 3.48. The molecule has 3 atom stereocenters. The van der Waals surface area contributed by atoms with Crippen LogP contribution in [0.25, 0.3) is 0 Å². The number of amides is 5. The van der Waals surface area contributed by atoms with Crippen molar-refractivity contribution in [2.24, 2.45) is 0 Å². The van der Waals surface area contributed by atoms with Crippen LogP contribution in [-0.2, 0) is 25.6 Å². The lowest BCUT2D eigenvalue weighted by molar-refractivity contribution is -0.188. The van der Waals surface area contributed by atoms with Gasteiger partial charge >= 0.3 is 12.1 Å². The van der Waals surface area contributed by atoms with E-state index in [9.17, 15) is 19.2 Å². The average molecular weight is 573 g/mol. The highest BCUT2D eigenvalue weighted by molar-refractivity contribution is 5.91. The topological polar surface area (TPSA) is 133 Å². The molecule has 0 saturated carbocycles. The first kappa shape index (κ1) is 30.1. The number of hydrazine groups is 1. The maximum Gasteiger partial charge on any atom is 0.407 e. The SMILES string of the molecule is C=CCOC(=O)NCCC[C@H]1C(=O)N(CC2CCCO2)C[C@H]2N1C(=O)CN(C)N2C(=O)NCc1ccc(OC)cc1. The van der Waals surface area contributed by atoms with Crippen molar-refractivity contribution in [3.05, 3.63) is 42.5 Å². The van der Waals surface area contributed by atoms with E-state index in [0.717, 1.165) is 24.2 Å². The van der Waals surface area contributed by atoms with E-state index < -0.39 is 18.3 Å². The first-order chi connectivity index (χ1) is 19.8. The Balaban J connectivity index is 1.48. The van der Waals surface area contributed by atoms with Crippen molar-refractivity contribution in [2.75, 3.05) is 53.6 Å². The summed E-state index contributed by atoms with van der Waals surface area (Å²) in [6, 6.07) is 6.23. The lowest BCUT2D eigenvalue weighted by atomic mass is 10.0. The van der Waals surface area contributed by atoms with E-state index in [4.69, 9.17) is 14.2 Å². The largest absolute Gasteiger partial charge is 0.497 e. The number of hydrogen-bond acceptors (Lipinski definition) is 8. The van der Waals surface area contributed by atoms with E-state index in [1.54, 1.807) is 24.1 Å². The molecule has 13 nitrogen and oxygen atoms in total. The highest BCUT2D eigenvalue weighted by Gasteiger charge is 2.50. The molecule has 41 heavy (non-hydrogen) atoms. The van der Waals surface area contributed by atoms with Crippen LogP contribution in [0.3, 0.4) is 0 Å². The third-order valence-corrected chi connectivity index (χ3v) is 7.45. The second-order valence-electron chi connectivity index (χ2n) is 10.3. The number of alkyl carbamates (subject to hydrolysis) is 1. The van der Waals surface area contributed by atoms with Gasteiger partial charge in [0.15, 0.2) is 0 Å². The molecule has 0 bridgehead atoms. The predicted molar refractivity (Wildman–Crippen MR) is 148 cm³/mol. The van der Waals surface area contributed by atoms with E-state index in [1.807, 2.05) is 24.3 Å². The fraction of sp³-hybridized carbons (Fsp3) is 0.571. The molecule has 0 aromatic heterocycles. The van der Waals surface area contributed by atoms with Crippen molar-refractivity contribution in [1.29, 1.82) is 0 Å². The molecule has 0 radical (unpaired) electrons. The monoisotopic (exact) mass is 572 g/mol. The molecule has 0 spiro atoms. The van der Waals surface area contributed by atoms with Gasteiger partial charge in [0.25, 0.3) is 0 Å². The molecule has 1 aromatic carbocycles. The van der Waals surface area contributed by atoms with Crippen molar-refractivity contribution < 1.29 is 33.4 Å². The van der Waals surface area contributed by atoms with Gasteiger partial charge in [-0.1, -0.05) is 24.8 Å². The zero-order valence-corrected chi connectivity index (χ0v) is 23.8. The van der Waals surface area contributed by atoms with Crippen LogP contribution in [0.2, 0.25) is 0 Å². The number of urea groups is 1. The highest BCUT2D eigenvalue weighted by Crippen LogP contribution is 2.29. The van der Waals surface area contributed by atoms with Gasteiger partial charge in [-0.05, 0) is 43.4 Å². The van der Waals surface area contributed by atoms with Crippen molar-refractivity contribution in [3.63, 3.8) is 0 Å². The quantitative estimate of drug-likeness (QED) is 0.300. The summed E-state index contributed by atoms with van der Waals surface area (Å²) in [5.74, 6) is 0.311. The number of hydrogen-bond donors (Lipinski definition) is 2. The van der Waals surface area contributed by atoms with Gasteiger partial charge in [0.1, 0.15) is 24.6 Å². The number of piperazine rings is 1. The predicted octanol–water partition coefficient (Wildman–Crippen LogP) is 1.30. The number of nitrogens with one attached hydrogen (secondary N) is 2. The first-order valence-electron chi connectivity index (χ1n) is 14.0. The summed E-state index contributed by atoms with van der Waals surface area (Å²) in [7, 11) is 3.28. The van der Waals surface area contributed by atoms with Crippen LogP contribution in [0, 0.1) is 0 Å². The molecule has 224 valence electrons. The number of rotatable bonds is 11. The summed E-state index contributed by atoms with van der Waals surface area (Å²) < 4.78 is 15.9. The molecule has 3 saturated heterocycles. The summed E-state index contributed by atoms with van der Waals surface area (Å²) in [6.45, 7) is 5.33. The van der Waals surface area contributed by atoms with E-state index in [1.165, 1.54) is 16.0 Å². The zero-order valence-electron chi connectivity index (χ0n) is 23.8. The van der Waals surface area contributed by atoms with Gasteiger partial charge in [-0.25, -0.2) is 19.6 Å². The Morgan fingerprint density at radius 3 is 2.66 bits per heavy atom. The number of carbonyl (C=O) groups is 4. The fourth-order valence-corrected chi connectivity index (χ4v) is 5.45. The fourth-order valence-electron chi connectivity index (χ4n) is 5.45. The molecule has 4 rings (SSSR count). The molecular formula is C28H40N6O7. The summed E-state index contributed by atoms with van der Waals surface area (Å²) in [5, 5.41) is 8.72. The van der Waals surface area contributed by atoms with Gasteiger partial charge in [0, 0.05) is 33.3 Å². The molecule has 1 unspecified atom stereocenters. The van der Waals surface area contributed by atoms with Crippen LogP contribution >= 0.6 is 0 Å². The van der Waals surface area contributed by atoms with Gasteiger partial charge < -0.3 is 34.6 Å². The molecule has 0 aliphatic carbocycles. The summed E-state index contributed by atoms with van der Waals surface area (Å²) in [5.41, 5.74) is 0.891.